The van der Waals surface area contributed by atoms with Gasteiger partial charge in [0.05, 0.1) is 0 Å². The molecule has 1 aliphatic carbocycles. The summed E-state index contributed by atoms with van der Waals surface area (Å²) in [5, 5.41) is 0. The van der Waals surface area contributed by atoms with Crippen molar-refractivity contribution in [1.82, 2.24) is 4.81 Å². The molecule has 3 nitrogen and oxygen atoms in total. The van der Waals surface area contributed by atoms with Gasteiger partial charge in [-0.25, -0.2) is 0 Å². The van der Waals surface area contributed by atoms with Crippen molar-refractivity contribution >= 4 is 19.2 Å². The molecular formula is C12H14BNO2. The normalized spacial score (nSPS) is 24.8. The number of amides is 2. The molecule has 0 bridgehead atoms. The lowest BCUT2D eigenvalue weighted by atomic mass is 9.68. The van der Waals surface area contributed by atoms with E-state index in [0.29, 0.717) is 13.2 Å². The molecule has 0 saturated heterocycles. The van der Waals surface area contributed by atoms with Gasteiger partial charge in [-0.2, -0.15) is 0 Å². The zero-order valence-electron chi connectivity index (χ0n) is 9.24. The van der Waals surface area contributed by atoms with Crippen molar-refractivity contribution in [3.8, 4) is 11.8 Å². The summed E-state index contributed by atoms with van der Waals surface area (Å²) >= 11 is 0. The highest BCUT2D eigenvalue weighted by Gasteiger charge is 2.27. The van der Waals surface area contributed by atoms with Gasteiger partial charge in [0.25, 0.3) is 7.41 Å². The molecule has 82 valence electrons. The van der Waals surface area contributed by atoms with Gasteiger partial charge in [-0.3, -0.25) is 9.59 Å². The predicted octanol–water partition coefficient (Wildman–Crippen LogP) is 1.02. The van der Waals surface area contributed by atoms with E-state index in [1.165, 1.54) is 17.0 Å². The highest BCUT2D eigenvalue weighted by atomic mass is 16.2. The molecule has 2 rings (SSSR count). The molecule has 0 radical (unpaired) electrons. The highest BCUT2D eigenvalue weighted by Crippen LogP contribution is 2.23. The molecule has 0 N–H and O–H groups in total. The molecule has 4 heteroatoms. The van der Waals surface area contributed by atoms with Crippen LogP contribution in [0.25, 0.3) is 0 Å². The predicted molar refractivity (Wildman–Crippen MR) is 62.8 cm³/mol. The Morgan fingerprint density at radius 2 is 1.81 bits per heavy atom. The average molecular weight is 215 g/mol. The minimum Gasteiger partial charge on any atom is -0.326 e. The van der Waals surface area contributed by atoms with Crippen LogP contribution in [0.4, 0.5) is 0 Å². The van der Waals surface area contributed by atoms with Crippen LogP contribution >= 0.6 is 0 Å². The number of carbonyl (C=O) groups is 2. The first-order chi connectivity index (χ1) is 7.77. The number of hydrogen-bond acceptors (Lipinski definition) is 2. The van der Waals surface area contributed by atoms with E-state index in [4.69, 9.17) is 0 Å². The Morgan fingerprint density at radius 1 is 1.12 bits per heavy atom. The Morgan fingerprint density at radius 3 is 2.56 bits per heavy atom. The Labute approximate surface area is 96.1 Å². The molecule has 1 aliphatic heterocycles. The highest BCUT2D eigenvalue weighted by molar-refractivity contribution is 6.47. The van der Waals surface area contributed by atoms with Gasteiger partial charge in [0.15, 0.2) is 0 Å². The lowest BCUT2D eigenvalue weighted by molar-refractivity contribution is -0.131. The van der Waals surface area contributed by atoms with E-state index in [9.17, 15) is 9.59 Å². The van der Waals surface area contributed by atoms with Crippen molar-refractivity contribution in [2.75, 3.05) is 0 Å². The molecule has 1 atom stereocenters. The number of imide groups is 1. The van der Waals surface area contributed by atoms with Crippen LogP contribution in [0.5, 0.6) is 0 Å². The fourth-order valence-corrected chi connectivity index (χ4v) is 2.13. The SMILES string of the molecule is O=C1C=CC(=O)N1BC1CCC#CCCC1. The van der Waals surface area contributed by atoms with E-state index in [-0.39, 0.29) is 11.8 Å². The summed E-state index contributed by atoms with van der Waals surface area (Å²) in [6, 6.07) is 0. The van der Waals surface area contributed by atoms with Crippen LogP contribution in [-0.4, -0.2) is 24.0 Å². The molecule has 1 heterocycles. The summed E-state index contributed by atoms with van der Waals surface area (Å²) in [6.45, 7) is 0. The van der Waals surface area contributed by atoms with Crippen molar-refractivity contribution in [3.05, 3.63) is 12.2 Å². The van der Waals surface area contributed by atoms with E-state index < -0.39 is 0 Å². The molecule has 0 spiro atoms. The molecule has 0 fully saturated rings. The van der Waals surface area contributed by atoms with Crippen LogP contribution in [0.2, 0.25) is 5.82 Å². The molecule has 2 amide bonds. The number of nitrogens with zero attached hydrogens (tertiary/aromatic N) is 1. The Hall–Kier alpha value is -1.50. The molecule has 0 saturated carbocycles. The average Bonchev–Trinajstić information content (AvgIpc) is 2.53. The summed E-state index contributed by atoms with van der Waals surface area (Å²) in [7, 11) is 0.562. The molecule has 0 aromatic carbocycles. The van der Waals surface area contributed by atoms with E-state index in [0.717, 1.165) is 32.1 Å². The molecular weight excluding hydrogens is 201 g/mol. The third-order valence-electron chi connectivity index (χ3n) is 3.06. The van der Waals surface area contributed by atoms with Gasteiger partial charge in [0.2, 0.25) is 11.8 Å². The van der Waals surface area contributed by atoms with Crippen LogP contribution in [0.1, 0.15) is 32.1 Å². The maximum absolute atomic E-state index is 11.4. The maximum atomic E-state index is 11.4. The molecule has 2 aliphatic rings. The quantitative estimate of drug-likeness (QED) is 0.391. The van der Waals surface area contributed by atoms with E-state index in [1.54, 1.807) is 0 Å². The van der Waals surface area contributed by atoms with Gasteiger partial charge in [0, 0.05) is 25.0 Å². The summed E-state index contributed by atoms with van der Waals surface area (Å²) in [5.74, 6) is 6.30. The van der Waals surface area contributed by atoms with Crippen molar-refractivity contribution in [2.45, 2.75) is 37.9 Å². The van der Waals surface area contributed by atoms with Gasteiger partial charge >= 0.3 is 0 Å². The van der Waals surface area contributed by atoms with E-state index in [1.807, 2.05) is 0 Å². The second-order valence-corrected chi connectivity index (χ2v) is 4.27. The molecule has 0 aromatic heterocycles. The summed E-state index contributed by atoms with van der Waals surface area (Å²) in [5.41, 5.74) is 0. The van der Waals surface area contributed by atoms with Crippen LogP contribution in [0, 0.1) is 11.8 Å². The largest absolute Gasteiger partial charge is 0.326 e. The summed E-state index contributed by atoms with van der Waals surface area (Å²) < 4.78 is 0. The third-order valence-corrected chi connectivity index (χ3v) is 3.06. The third kappa shape index (κ3) is 2.54. The first kappa shape index (κ1) is 11.0. The second-order valence-electron chi connectivity index (χ2n) is 4.27. The number of rotatable bonds is 2. The van der Waals surface area contributed by atoms with Crippen LogP contribution in [0.15, 0.2) is 12.2 Å². The first-order valence-corrected chi connectivity index (χ1v) is 5.76. The van der Waals surface area contributed by atoms with Crippen molar-refractivity contribution < 1.29 is 9.59 Å². The number of carbonyl (C=O) groups excluding carboxylic acids is 2. The van der Waals surface area contributed by atoms with Crippen LogP contribution in [-0.2, 0) is 9.59 Å². The molecule has 0 aromatic rings. The van der Waals surface area contributed by atoms with Crippen molar-refractivity contribution in [1.29, 1.82) is 0 Å². The van der Waals surface area contributed by atoms with Gasteiger partial charge in [-0.05, 0) is 18.7 Å². The lowest BCUT2D eigenvalue weighted by Crippen LogP contribution is -2.36. The fraction of sp³-hybridized carbons (Fsp3) is 0.500. The molecule has 1 unspecified atom stereocenters. The topological polar surface area (TPSA) is 37.4 Å². The van der Waals surface area contributed by atoms with Gasteiger partial charge in [0.1, 0.15) is 0 Å². The summed E-state index contributed by atoms with van der Waals surface area (Å²) in [4.78, 5) is 24.2. The second kappa shape index (κ2) is 5.02. The van der Waals surface area contributed by atoms with Crippen molar-refractivity contribution in [3.63, 3.8) is 0 Å². The smallest absolute Gasteiger partial charge is 0.253 e. The fourth-order valence-electron chi connectivity index (χ4n) is 2.13. The standard InChI is InChI=1S/C12H14BNO2/c15-11-8-9-12(16)14(11)13-10-6-4-2-1-3-5-7-10/h8-10,13H,2,4-7H2. The molecule has 16 heavy (non-hydrogen) atoms. The zero-order chi connectivity index (χ0) is 11.4. The monoisotopic (exact) mass is 215 g/mol. The minimum atomic E-state index is -0.168. The van der Waals surface area contributed by atoms with Crippen molar-refractivity contribution in [2.24, 2.45) is 0 Å². The van der Waals surface area contributed by atoms with E-state index in [2.05, 4.69) is 11.8 Å². The number of hydrogen-bond donors (Lipinski definition) is 0. The Kier molecular flexibility index (Phi) is 3.45. The first-order valence-electron chi connectivity index (χ1n) is 5.76. The van der Waals surface area contributed by atoms with E-state index >= 15 is 0 Å². The minimum absolute atomic E-state index is 0.168. The zero-order valence-corrected chi connectivity index (χ0v) is 9.24. The maximum Gasteiger partial charge on any atom is 0.253 e. The van der Waals surface area contributed by atoms with Gasteiger partial charge < -0.3 is 4.81 Å². The Balaban J connectivity index is 1.92. The summed E-state index contributed by atoms with van der Waals surface area (Å²) in [6.07, 6.45) is 7.65. The van der Waals surface area contributed by atoms with Crippen LogP contribution < -0.4 is 0 Å². The Bertz CT molecular complexity index is 374. The lowest BCUT2D eigenvalue weighted by Gasteiger charge is -2.20. The van der Waals surface area contributed by atoms with Gasteiger partial charge in [-0.1, -0.05) is 6.42 Å². The van der Waals surface area contributed by atoms with Crippen LogP contribution in [0.3, 0.4) is 0 Å². The van der Waals surface area contributed by atoms with Gasteiger partial charge in [-0.15, -0.1) is 11.8 Å².